The van der Waals surface area contributed by atoms with E-state index in [1.54, 1.807) is 7.11 Å². The Morgan fingerprint density at radius 2 is 1.92 bits per heavy atom. The summed E-state index contributed by atoms with van der Waals surface area (Å²) in [5, 5.41) is 8.98. The van der Waals surface area contributed by atoms with Crippen LogP contribution < -0.4 is 0 Å². The second kappa shape index (κ2) is 3.29. The second-order valence-electron chi connectivity index (χ2n) is 4.20. The normalized spacial score (nSPS) is 43.5. The summed E-state index contributed by atoms with van der Waals surface area (Å²) in [4.78, 5) is 10.9. The minimum absolute atomic E-state index is 0.0925. The molecule has 0 aromatic carbocycles. The number of aliphatic carboxylic acids is 1. The summed E-state index contributed by atoms with van der Waals surface area (Å²) in [6, 6.07) is 0. The van der Waals surface area contributed by atoms with Crippen molar-refractivity contribution in [3.05, 3.63) is 0 Å². The standard InChI is InChI=1S/C10H16O3/c1-13-9-5-4-6-7(9)2-3-8(6)10(11)12/h6-9H,2-5H2,1H3,(H,11,12)/t6-,7-,8-,9+/m0/s1. The molecule has 0 saturated heterocycles. The zero-order valence-electron chi connectivity index (χ0n) is 7.90. The van der Waals surface area contributed by atoms with Gasteiger partial charge >= 0.3 is 5.97 Å². The van der Waals surface area contributed by atoms with E-state index in [0.29, 0.717) is 17.9 Å². The van der Waals surface area contributed by atoms with Crippen LogP contribution in [0.25, 0.3) is 0 Å². The number of carboxylic acids is 1. The van der Waals surface area contributed by atoms with Crippen LogP contribution in [-0.2, 0) is 9.53 Å². The van der Waals surface area contributed by atoms with Crippen LogP contribution in [0.3, 0.4) is 0 Å². The zero-order chi connectivity index (χ0) is 9.42. The third-order valence-corrected chi connectivity index (χ3v) is 3.76. The van der Waals surface area contributed by atoms with Gasteiger partial charge in [0.1, 0.15) is 0 Å². The average Bonchev–Trinajstić information content (AvgIpc) is 2.61. The Hall–Kier alpha value is -0.570. The van der Waals surface area contributed by atoms with Crippen molar-refractivity contribution in [3.63, 3.8) is 0 Å². The van der Waals surface area contributed by atoms with Crippen LogP contribution in [0.5, 0.6) is 0 Å². The van der Waals surface area contributed by atoms with Crippen molar-refractivity contribution in [2.24, 2.45) is 17.8 Å². The van der Waals surface area contributed by atoms with Crippen molar-refractivity contribution in [1.29, 1.82) is 0 Å². The highest BCUT2D eigenvalue weighted by Gasteiger charge is 2.47. The number of carbonyl (C=O) groups is 1. The van der Waals surface area contributed by atoms with Crippen LogP contribution in [0.4, 0.5) is 0 Å². The first kappa shape index (κ1) is 9.00. The lowest BCUT2D eigenvalue weighted by molar-refractivity contribution is -0.143. The van der Waals surface area contributed by atoms with E-state index in [9.17, 15) is 4.79 Å². The van der Waals surface area contributed by atoms with Crippen LogP contribution in [0.15, 0.2) is 0 Å². The molecule has 3 nitrogen and oxygen atoms in total. The molecule has 0 amide bonds. The molecule has 0 heterocycles. The molecule has 0 aromatic rings. The second-order valence-corrected chi connectivity index (χ2v) is 4.20. The maximum absolute atomic E-state index is 10.9. The van der Waals surface area contributed by atoms with Crippen LogP contribution in [-0.4, -0.2) is 24.3 Å². The van der Waals surface area contributed by atoms with Gasteiger partial charge in [-0.3, -0.25) is 4.79 Å². The molecular formula is C10H16O3. The van der Waals surface area contributed by atoms with Gasteiger partial charge in [-0.1, -0.05) is 0 Å². The summed E-state index contributed by atoms with van der Waals surface area (Å²) in [5.41, 5.74) is 0. The number of hydrogen-bond donors (Lipinski definition) is 1. The van der Waals surface area contributed by atoms with E-state index < -0.39 is 5.97 Å². The van der Waals surface area contributed by atoms with Gasteiger partial charge in [0, 0.05) is 7.11 Å². The summed E-state index contributed by atoms with van der Waals surface area (Å²) in [5.74, 6) is 0.211. The van der Waals surface area contributed by atoms with Crippen molar-refractivity contribution < 1.29 is 14.6 Å². The van der Waals surface area contributed by atoms with Gasteiger partial charge in [-0.15, -0.1) is 0 Å². The van der Waals surface area contributed by atoms with Crippen LogP contribution in [0, 0.1) is 17.8 Å². The summed E-state index contributed by atoms with van der Waals surface area (Å²) < 4.78 is 5.36. The van der Waals surface area contributed by atoms with Gasteiger partial charge in [-0.2, -0.15) is 0 Å². The van der Waals surface area contributed by atoms with Gasteiger partial charge in [0.2, 0.25) is 0 Å². The van der Waals surface area contributed by atoms with E-state index in [1.165, 1.54) is 0 Å². The molecule has 0 aliphatic heterocycles. The van der Waals surface area contributed by atoms with Crippen LogP contribution in [0.2, 0.25) is 0 Å². The Bertz CT molecular complexity index is 214. The zero-order valence-corrected chi connectivity index (χ0v) is 7.90. The summed E-state index contributed by atoms with van der Waals surface area (Å²) >= 11 is 0. The SMILES string of the molecule is CO[C@@H]1CC[C@H]2[C@@H]1CC[C@@H]2C(=O)O. The quantitative estimate of drug-likeness (QED) is 0.707. The highest BCUT2D eigenvalue weighted by Crippen LogP contribution is 2.48. The van der Waals surface area contributed by atoms with E-state index in [-0.39, 0.29) is 5.92 Å². The minimum Gasteiger partial charge on any atom is -0.481 e. The smallest absolute Gasteiger partial charge is 0.306 e. The fraction of sp³-hybridized carbons (Fsp3) is 0.900. The Balaban J connectivity index is 2.07. The molecule has 2 aliphatic carbocycles. The van der Waals surface area contributed by atoms with Gasteiger partial charge < -0.3 is 9.84 Å². The molecule has 4 atom stereocenters. The maximum Gasteiger partial charge on any atom is 0.306 e. The van der Waals surface area contributed by atoms with Crippen molar-refractivity contribution in [2.45, 2.75) is 31.8 Å². The van der Waals surface area contributed by atoms with E-state index in [2.05, 4.69) is 0 Å². The monoisotopic (exact) mass is 184 g/mol. The van der Waals surface area contributed by atoms with Crippen LogP contribution >= 0.6 is 0 Å². The van der Waals surface area contributed by atoms with E-state index in [1.807, 2.05) is 0 Å². The van der Waals surface area contributed by atoms with Crippen molar-refractivity contribution in [3.8, 4) is 0 Å². The molecule has 1 N–H and O–H groups in total. The predicted octanol–water partition coefficient (Wildman–Crippen LogP) is 1.52. The molecule has 3 heteroatoms. The highest BCUT2D eigenvalue weighted by atomic mass is 16.5. The predicted molar refractivity (Wildman–Crippen MR) is 47.4 cm³/mol. The van der Waals surface area contributed by atoms with Crippen molar-refractivity contribution in [1.82, 2.24) is 0 Å². The minimum atomic E-state index is -0.607. The molecule has 13 heavy (non-hydrogen) atoms. The first-order valence-corrected chi connectivity index (χ1v) is 4.99. The third-order valence-electron chi connectivity index (χ3n) is 3.76. The molecule has 0 bridgehead atoms. The Labute approximate surface area is 78.1 Å². The molecule has 2 saturated carbocycles. The first-order chi connectivity index (χ1) is 6.24. The summed E-state index contributed by atoms with van der Waals surface area (Å²) in [7, 11) is 1.74. The lowest BCUT2D eigenvalue weighted by atomic mass is 9.92. The first-order valence-electron chi connectivity index (χ1n) is 4.99. The van der Waals surface area contributed by atoms with E-state index in [0.717, 1.165) is 25.7 Å². The number of fused-ring (bicyclic) bond motifs is 1. The number of methoxy groups -OCH3 is 1. The highest BCUT2D eigenvalue weighted by molar-refractivity contribution is 5.70. The van der Waals surface area contributed by atoms with Gasteiger partial charge in [-0.25, -0.2) is 0 Å². The number of rotatable bonds is 2. The average molecular weight is 184 g/mol. The van der Waals surface area contributed by atoms with Gasteiger partial charge in [0.15, 0.2) is 0 Å². The molecular weight excluding hydrogens is 168 g/mol. The van der Waals surface area contributed by atoms with Gasteiger partial charge in [0.05, 0.1) is 12.0 Å². The molecule has 2 aliphatic rings. The topological polar surface area (TPSA) is 46.5 Å². The Morgan fingerprint density at radius 3 is 2.54 bits per heavy atom. The number of carboxylic acid groups (broad SMARTS) is 1. The Morgan fingerprint density at radius 1 is 1.23 bits per heavy atom. The summed E-state index contributed by atoms with van der Waals surface area (Å²) in [6.07, 6.45) is 4.31. The van der Waals surface area contributed by atoms with Crippen molar-refractivity contribution >= 4 is 5.97 Å². The van der Waals surface area contributed by atoms with Gasteiger partial charge in [0.25, 0.3) is 0 Å². The molecule has 0 spiro atoms. The lowest BCUT2D eigenvalue weighted by Gasteiger charge is -2.17. The molecule has 2 rings (SSSR count). The molecule has 0 unspecified atom stereocenters. The van der Waals surface area contributed by atoms with Gasteiger partial charge in [-0.05, 0) is 37.5 Å². The molecule has 2 fully saturated rings. The Kier molecular flexibility index (Phi) is 2.28. The molecule has 0 radical (unpaired) electrons. The molecule has 0 aromatic heterocycles. The maximum atomic E-state index is 10.9. The van der Waals surface area contributed by atoms with Crippen LogP contribution in [0.1, 0.15) is 25.7 Å². The molecule has 74 valence electrons. The lowest BCUT2D eigenvalue weighted by Crippen LogP contribution is -2.22. The van der Waals surface area contributed by atoms with Crippen molar-refractivity contribution in [2.75, 3.05) is 7.11 Å². The number of ether oxygens (including phenoxy) is 1. The number of hydrogen-bond acceptors (Lipinski definition) is 2. The third kappa shape index (κ3) is 1.35. The fourth-order valence-electron chi connectivity index (χ4n) is 3.15. The largest absolute Gasteiger partial charge is 0.481 e. The fourth-order valence-corrected chi connectivity index (χ4v) is 3.15. The van der Waals surface area contributed by atoms with E-state index in [4.69, 9.17) is 9.84 Å². The summed E-state index contributed by atoms with van der Waals surface area (Å²) in [6.45, 7) is 0. The van der Waals surface area contributed by atoms with E-state index >= 15 is 0 Å².